The fraction of sp³-hybridized carbons (Fsp3) is 0. The van der Waals surface area contributed by atoms with Gasteiger partial charge in [0, 0.05) is 27.3 Å². The maximum atomic E-state index is 13.0. The summed E-state index contributed by atoms with van der Waals surface area (Å²) in [5, 5.41) is 5.05. The topological polar surface area (TPSA) is 134 Å². The molecule has 3 N–H and O–H groups in total. The zero-order chi connectivity index (χ0) is 25.9. The van der Waals surface area contributed by atoms with Crippen LogP contribution < -0.4 is 14.8 Å². The number of hydrogen-bond donors (Lipinski definition) is 3. The van der Waals surface area contributed by atoms with Crippen molar-refractivity contribution < 1.29 is 21.6 Å². The van der Waals surface area contributed by atoms with Crippen molar-refractivity contribution in [3.8, 4) is 0 Å². The normalized spacial score (nSPS) is 11.6. The summed E-state index contributed by atoms with van der Waals surface area (Å²) in [6, 6.07) is 15.1. The number of nitrogens with one attached hydrogen (secondary N) is 3. The van der Waals surface area contributed by atoms with Gasteiger partial charge in [-0.1, -0.05) is 23.2 Å². The van der Waals surface area contributed by atoms with Gasteiger partial charge in [0.2, 0.25) is 0 Å². The van der Waals surface area contributed by atoms with Crippen molar-refractivity contribution in [3.63, 3.8) is 0 Å². The van der Waals surface area contributed by atoms with Gasteiger partial charge in [0.1, 0.15) is 0 Å². The quantitative estimate of drug-likeness (QED) is 0.258. The number of aromatic nitrogens is 1. The lowest BCUT2D eigenvalue weighted by atomic mass is 10.1. The highest BCUT2D eigenvalue weighted by Crippen LogP contribution is 2.26. The van der Waals surface area contributed by atoms with Crippen molar-refractivity contribution in [2.75, 3.05) is 14.8 Å². The maximum Gasteiger partial charge on any atom is 0.263 e. The SMILES string of the molecule is O=C(Nc1ccc(S(=O)(=O)Nc2nccs2)cc1)c1cc(Cl)ccc1NS(=O)(=O)c1ccc(Cl)cc1. The van der Waals surface area contributed by atoms with E-state index >= 15 is 0 Å². The van der Waals surface area contributed by atoms with Crippen LogP contribution in [0.4, 0.5) is 16.5 Å². The van der Waals surface area contributed by atoms with Crippen LogP contribution in [0.3, 0.4) is 0 Å². The molecule has 0 saturated carbocycles. The Bertz CT molecular complexity index is 1610. The smallest absolute Gasteiger partial charge is 0.263 e. The van der Waals surface area contributed by atoms with Crippen LogP contribution in [0.5, 0.6) is 0 Å². The number of carbonyl (C=O) groups is 1. The minimum absolute atomic E-state index is 0.00121. The first-order chi connectivity index (χ1) is 17.0. The number of sulfonamides is 2. The molecule has 36 heavy (non-hydrogen) atoms. The highest BCUT2D eigenvalue weighted by molar-refractivity contribution is 7.93. The second-order valence-corrected chi connectivity index (χ2v) is 12.3. The van der Waals surface area contributed by atoms with Crippen LogP contribution in [0.25, 0.3) is 0 Å². The molecule has 0 radical (unpaired) electrons. The molecule has 0 bridgehead atoms. The third-order valence-electron chi connectivity index (χ3n) is 4.67. The Balaban J connectivity index is 1.54. The standard InChI is InChI=1S/C22H16Cl2N4O5S3/c23-14-1-6-17(7-2-14)35(30,31)27-20-10-3-15(24)13-19(20)21(29)26-16-4-8-18(9-5-16)36(32,33)28-22-25-11-12-34-22/h1-13,27H,(H,25,28)(H,26,29). The third-order valence-corrected chi connectivity index (χ3v) is 8.71. The minimum Gasteiger partial charge on any atom is -0.322 e. The largest absolute Gasteiger partial charge is 0.322 e. The van der Waals surface area contributed by atoms with Crippen molar-refractivity contribution >= 4 is 77.0 Å². The Hall–Kier alpha value is -3.16. The number of halogens is 2. The Morgan fingerprint density at radius 2 is 1.36 bits per heavy atom. The number of rotatable bonds is 8. The predicted molar refractivity (Wildman–Crippen MR) is 141 cm³/mol. The van der Waals surface area contributed by atoms with Crippen molar-refractivity contribution in [1.29, 1.82) is 0 Å². The van der Waals surface area contributed by atoms with Gasteiger partial charge in [0.25, 0.3) is 26.0 Å². The van der Waals surface area contributed by atoms with E-state index in [9.17, 15) is 21.6 Å². The molecule has 0 atom stereocenters. The summed E-state index contributed by atoms with van der Waals surface area (Å²) >= 11 is 13.0. The van der Waals surface area contributed by atoms with Crippen molar-refractivity contribution in [1.82, 2.24) is 4.98 Å². The maximum absolute atomic E-state index is 13.0. The molecular weight excluding hydrogens is 567 g/mol. The highest BCUT2D eigenvalue weighted by Gasteiger charge is 2.20. The molecule has 0 aliphatic heterocycles. The second-order valence-electron chi connectivity index (χ2n) is 7.17. The van der Waals surface area contributed by atoms with Gasteiger partial charge in [0.15, 0.2) is 5.13 Å². The molecule has 9 nitrogen and oxygen atoms in total. The number of hydrogen-bond acceptors (Lipinski definition) is 7. The van der Waals surface area contributed by atoms with E-state index in [2.05, 4.69) is 19.7 Å². The van der Waals surface area contributed by atoms with Crippen LogP contribution in [0.2, 0.25) is 10.0 Å². The van der Waals surface area contributed by atoms with Crippen LogP contribution >= 0.6 is 34.5 Å². The Morgan fingerprint density at radius 1 is 0.778 bits per heavy atom. The predicted octanol–water partition coefficient (Wildman–Crippen LogP) is 5.30. The van der Waals surface area contributed by atoms with Gasteiger partial charge in [-0.05, 0) is 66.7 Å². The van der Waals surface area contributed by atoms with Gasteiger partial charge in [-0.25, -0.2) is 21.8 Å². The molecule has 14 heteroatoms. The van der Waals surface area contributed by atoms with E-state index in [-0.39, 0.29) is 36.9 Å². The van der Waals surface area contributed by atoms with Crippen LogP contribution in [-0.2, 0) is 20.0 Å². The molecule has 1 heterocycles. The molecule has 4 aromatic rings. The zero-order valence-electron chi connectivity index (χ0n) is 18.0. The highest BCUT2D eigenvalue weighted by atomic mass is 35.5. The molecule has 1 aromatic heterocycles. The zero-order valence-corrected chi connectivity index (χ0v) is 21.9. The summed E-state index contributed by atoms with van der Waals surface area (Å²) in [5.74, 6) is -0.664. The molecule has 1 amide bonds. The monoisotopic (exact) mass is 582 g/mol. The molecule has 0 spiro atoms. The van der Waals surface area contributed by atoms with Crippen molar-refractivity contribution in [3.05, 3.63) is 93.9 Å². The van der Waals surface area contributed by atoms with Gasteiger partial charge in [-0.15, -0.1) is 11.3 Å². The third kappa shape index (κ3) is 6.15. The Kier molecular flexibility index (Phi) is 7.52. The minimum atomic E-state index is -4.03. The van der Waals surface area contributed by atoms with Crippen molar-refractivity contribution in [2.45, 2.75) is 9.79 Å². The Labute approximate surface area is 221 Å². The number of anilines is 3. The number of benzene rings is 3. The van der Waals surface area contributed by atoms with Gasteiger partial charge >= 0.3 is 0 Å². The molecule has 0 saturated heterocycles. The van der Waals surface area contributed by atoms with Gasteiger partial charge < -0.3 is 5.32 Å². The van der Waals surface area contributed by atoms with Gasteiger partial charge in [-0.3, -0.25) is 14.2 Å². The first-order valence-electron chi connectivity index (χ1n) is 9.95. The van der Waals surface area contributed by atoms with Crippen LogP contribution in [-0.4, -0.2) is 27.7 Å². The Morgan fingerprint density at radius 3 is 1.97 bits per heavy atom. The first kappa shape index (κ1) is 25.9. The van der Waals surface area contributed by atoms with Crippen molar-refractivity contribution in [2.24, 2.45) is 0 Å². The van der Waals surface area contributed by atoms with E-state index in [1.807, 2.05) is 0 Å². The van der Waals surface area contributed by atoms with Crippen LogP contribution in [0.15, 0.2) is 88.1 Å². The molecular formula is C22H16Cl2N4O5S3. The number of thiazole rings is 1. The van der Waals surface area contributed by atoms with Crippen LogP contribution in [0.1, 0.15) is 10.4 Å². The lowest BCUT2D eigenvalue weighted by molar-refractivity contribution is 0.102. The number of amides is 1. The summed E-state index contributed by atoms with van der Waals surface area (Å²) in [6.45, 7) is 0. The first-order valence-corrected chi connectivity index (χ1v) is 14.6. The van der Waals surface area contributed by atoms with Crippen LogP contribution in [0, 0.1) is 0 Å². The van der Waals surface area contributed by atoms with Gasteiger partial charge in [-0.2, -0.15) is 0 Å². The van der Waals surface area contributed by atoms with E-state index in [0.717, 1.165) is 11.3 Å². The summed E-state index contributed by atoms with van der Waals surface area (Å²) < 4.78 is 55.3. The lowest BCUT2D eigenvalue weighted by Crippen LogP contribution is -2.19. The average molecular weight is 584 g/mol. The summed E-state index contributed by atoms with van der Waals surface area (Å²) in [7, 11) is -7.88. The van der Waals surface area contributed by atoms with E-state index in [4.69, 9.17) is 23.2 Å². The summed E-state index contributed by atoms with van der Waals surface area (Å²) in [4.78, 5) is 16.8. The molecule has 3 aromatic carbocycles. The van der Waals surface area contributed by atoms with E-state index in [0.29, 0.717) is 5.02 Å². The average Bonchev–Trinajstić information content (AvgIpc) is 3.33. The fourth-order valence-electron chi connectivity index (χ4n) is 2.97. The summed E-state index contributed by atoms with van der Waals surface area (Å²) in [6.07, 6.45) is 1.47. The lowest BCUT2D eigenvalue weighted by Gasteiger charge is -2.14. The molecule has 4 rings (SSSR count). The van der Waals surface area contributed by atoms with E-state index < -0.39 is 26.0 Å². The molecule has 0 fully saturated rings. The molecule has 0 aliphatic rings. The molecule has 0 aliphatic carbocycles. The van der Waals surface area contributed by atoms with E-state index in [1.54, 1.807) is 5.38 Å². The number of carbonyl (C=O) groups excluding carboxylic acids is 1. The van der Waals surface area contributed by atoms with E-state index in [1.165, 1.54) is 72.9 Å². The molecule has 0 unspecified atom stereocenters. The second kappa shape index (κ2) is 10.4. The fourth-order valence-corrected chi connectivity index (χ4v) is 6.14. The van der Waals surface area contributed by atoms with Gasteiger partial charge in [0.05, 0.1) is 21.0 Å². The molecule has 186 valence electrons. The number of nitrogens with zero attached hydrogens (tertiary/aromatic N) is 1. The summed E-state index contributed by atoms with van der Waals surface area (Å²) in [5.41, 5.74) is 0.237.